The molecule has 4 rings (SSSR count). The van der Waals surface area contributed by atoms with Gasteiger partial charge in [-0.15, -0.1) is 11.3 Å². The number of rotatable bonds is 5. The molecule has 1 aliphatic carbocycles. The number of fused-ring (bicyclic) bond motifs is 1. The van der Waals surface area contributed by atoms with E-state index in [2.05, 4.69) is 17.2 Å². The Labute approximate surface area is 190 Å². The molecule has 2 N–H and O–H groups in total. The second-order valence-electron chi connectivity index (χ2n) is 8.07. The third-order valence-electron chi connectivity index (χ3n) is 5.71. The molecule has 2 aromatic rings. The third-order valence-corrected chi connectivity index (χ3v) is 7.28. The standard InChI is InChI=1S/C23H24ClN3O3S/c1-13-3-6-19(20(28)7-13)27-12-16-9-17(31-21(16)22(27)29)11-26-23(30)25-10-15-5-4-14(2)18(24)8-15/h4-5,8-9,19H,1,3,6-7,10-12H2,2H3,(H2,25,26,30). The molecule has 1 fully saturated rings. The van der Waals surface area contributed by atoms with Crippen molar-refractivity contribution in [3.05, 3.63) is 67.9 Å². The Morgan fingerprint density at radius 2 is 2.03 bits per heavy atom. The van der Waals surface area contributed by atoms with E-state index in [-0.39, 0.29) is 23.8 Å². The van der Waals surface area contributed by atoms with Crippen molar-refractivity contribution in [2.75, 3.05) is 0 Å². The molecule has 8 heteroatoms. The third kappa shape index (κ3) is 4.67. The van der Waals surface area contributed by atoms with Gasteiger partial charge in [0.15, 0.2) is 5.78 Å². The number of thiophene rings is 1. The lowest BCUT2D eigenvalue weighted by atomic mass is 9.90. The number of hydrogen-bond donors (Lipinski definition) is 2. The van der Waals surface area contributed by atoms with E-state index in [1.165, 1.54) is 11.3 Å². The Balaban J connectivity index is 1.29. The average Bonchev–Trinajstić information content (AvgIpc) is 3.26. The first-order valence-electron chi connectivity index (χ1n) is 10.2. The van der Waals surface area contributed by atoms with Crippen LogP contribution >= 0.6 is 22.9 Å². The van der Waals surface area contributed by atoms with Crippen LogP contribution in [-0.2, 0) is 24.4 Å². The maximum absolute atomic E-state index is 12.8. The van der Waals surface area contributed by atoms with Crippen molar-refractivity contribution in [3.8, 4) is 0 Å². The highest BCUT2D eigenvalue weighted by molar-refractivity contribution is 7.14. The molecule has 0 bridgehead atoms. The molecule has 6 nitrogen and oxygen atoms in total. The zero-order chi connectivity index (χ0) is 22.1. The van der Waals surface area contributed by atoms with Crippen LogP contribution in [0.1, 0.15) is 50.5 Å². The van der Waals surface area contributed by atoms with E-state index in [4.69, 9.17) is 11.6 Å². The first-order valence-corrected chi connectivity index (χ1v) is 11.4. The molecule has 0 radical (unpaired) electrons. The molecule has 1 aliphatic heterocycles. The molecule has 162 valence electrons. The van der Waals surface area contributed by atoms with Gasteiger partial charge in [0.1, 0.15) is 0 Å². The topological polar surface area (TPSA) is 78.5 Å². The monoisotopic (exact) mass is 457 g/mol. The lowest BCUT2D eigenvalue weighted by Gasteiger charge is -2.30. The normalized spacial score (nSPS) is 18.3. The highest BCUT2D eigenvalue weighted by Crippen LogP contribution is 2.35. The molecule has 1 saturated carbocycles. The van der Waals surface area contributed by atoms with Crippen LogP contribution < -0.4 is 10.6 Å². The van der Waals surface area contributed by atoms with Gasteiger partial charge in [0.05, 0.1) is 17.5 Å². The summed E-state index contributed by atoms with van der Waals surface area (Å²) in [5.74, 6) is -0.00834. The molecule has 3 amide bonds. The Hall–Kier alpha value is -2.64. The van der Waals surface area contributed by atoms with Crippen LogP contribution in [0.3, 0.4) is 0 Å². The van der Waals surface area contributed by atoms with Gasteiger partial charge in [0.2, 0.25) is 0 Å². The van der Waals surface area contributed by atoms with E-state index in [0.29, 0.717) is 42.4 Å². The fourth-order valence-electron chi connectivity index (χ4n) is 3.95. The van der Waals surface area contributed by atoms with Crippen LogP contribution in [0.2, 0.25) is 5.02 Å². The fraction of sp³-hybridized carbons (Fsp3) is 0.348. The number of halogens is 1. The number of carbonyl (C=O) groups excluding carboxylic acids is 3. The van der Waals surface area contributed by atoms with Crippen LogP contribution in [0.5, 0.6) is 0 Å². The SMILES string of the molecule is C=C1CCC(N2Cc3cc(CNC(=O)NCc4ccc(C)c(Cl)c4)sc3C2=O)C(=O)C1. The summed E-state index contributed by atoms with van der Waals surface area (Å²) >= 11 is 7.49. The van der Waals surface area contributed by atoms with Gasteiger partial charge < -0.3 is 15.5 Å². The van der Waals surface area contributed by atoms with Gasteiger partial charge in [-0.05, 0) is 48.6 Å². The second-order valence-corrected chi connectivity index (χ2v) is 9.61. The predicted octanol–water partition coefficient (Wildman–Crippen LogP) is 4.34. The number of Topliss-reactive ketones (excluding diaryl/α,β-unsaturated/α-hetero) is 1. The summed E-state index contributed by atoms with van der Waals surface area (Å²) in [5, 5.41) is 6.31. The fourth-order valence-corrected chi connectivity index (χ4v) is 5.22. The minimum atomic E-state index is -0.347. The summed E-state index contributed by atoms with van der Waals surface area (Å²) < 4.78 is 0. The number of nitrogens with one attached hydrogen (secondary N) is 2. The number of amides is 3. The molecule has 0 saturated heterocycles. The molecule has 1 atom stereocenters. The van der Waals surface area contributed by atoms with Crippen molar-refractivity contribution in [2.45, 2.75) is 51.9 Å². The van der Waals surface area contributed by atoms with Crippen molar-refractivity contribution < 1.29 is 14.4 Å². The van der Waals surface area contributed by atoms with Gasteiger partial charge >= 0.3 is 6.03 Å². The summed E-state index contributed by atoms with van der Waals surface area (Å²) in [5.41, 5.74) is 3.79. The first kappa shape index (κ1) is 21.6. The van der Waals surface area contributed by atoms with Crippen molar-refractivity contribution >= 4 is 40.7 Å². The number of allylic oxidation sites excluding steroid dienone is 1. The first-order chi connectivity index (χ1) is 14.8. The number of benzene rings is 1. The summed E-state index contributed by atoms with van der Waals surface area (Å²) in [6, 6.07) is 7.00. The minimum Gasteiger partial charge on any atom is -0.334 e. The van der Waals surface area contributed by atoms with Gasteiger partial charge in [-0.1, -0.05) is 35.9 Å². The molecule has 1 unspecified atom stereocenters. The zero-order valence-electron chi connectivity index (χ0n) is 17.3. The number of urea groups is 1. The molecule has 2 heterocycles. The predicted molar refractivity (Wildman–Crippen MR) is 121 cm³/mol. The van der Waals surface area contributed by atoms with Gasteiger partial charge in [-0.25, -0.2) is 4.79 Å². The molecule has 1 aromatic carbocycles. The molecule has 31 heavy (non-hydrogen) atoms. The molecule has 0 spiro atoms. The Morgan fingerprint density at radius 3 is 2.74 bits per heavy atom. The number of carbonyl (C=O) groups is 3. The lowest BCUT2D eigenvalue weighted by molar-refractivity contribution is -0.124. The molecular formula is C23H24ClN3O3S. The Morgan fingerprint density at radius 1 is 1.26 bits per heavy atom. The van der Waals surface area contributed by atoms with Crippen molar-refractivity contribution in [1.82, 2.24) is 15.5 Å². The smallest absolute Gasteiger partial charge is 0.315 e. The highest BCUT2D eigenvalue weighted by atomic mass is 35.5. The highest BCUT2D eigenvalue weighted by Gasteiger charge is 2.39. The van der Waals surface area contributed by atoms with Crippen LogP contribution in [0.4, 0.5) is 4.79 Å². The van der Waals surface area contributed by atoms with E-state index < -0.39 is 0 Å². The summed E-state index contributed by atoms with van der Waals surface area (Å²) in [6.45, 7) is 6.99. The van der Waals surface area contributed by atoms with Crippen LogP contribution in [0, 0.1) is 6.92 Å². The quantitative estimate of drug-likeness (QED) is 0.655. The van der Waals surface area contributed by atoms with Gasteiger partial charge in [0, 0.05) is 29.4 Å². The van der Waals surface area contributed by atoms with Crippen LogP contribution in [-0.4, -0.2) is 28.7 Å². The van der Waals surface area contributed by atoms with E-state index in [1.54, 1.807) is 4.90 Å². The molecule has 1 aromatic heterocycles. The maximum atomic E-state index is 12.8. The Bertz CT molecular complexity index is 1080. The molecular weight excluding hydrogens is 434 g/mol. The number of aryl methyl sites for hydroxylation is 1. The van der Waals surface area contributed by atoms with Gasteiger partial charge in [0.25, 0.3) is 5.91 Å². The van der Waals surface area contributed by atoms with E-state index in [1.807, 2.05) is 31.2 Å². The summed E-state index contributed by atoms with van der Waals surface area (Å²) in [7, 11) is 0. The average molecular weight is 458 g/mol. The number of ketones is 1. The second kappa shape index (κ2) is 8.85. The van der Waals surface area contributed by atoms with Crippen LogP contribution in [0.25, 0.3) is 0 Å². The van der Waals surface area contributed by atoms with E-state index in [0.717, 1.165) is 33.6 Å². The van der Waals surface area contributed by atoms with E-state index >= 15 is 0 Å². The molecule has 2 aliphatic rings. The van der Waals surface area contributed by atoms with Gasteiger partial charge in [-0.3, -0.25) is 9.59 Å². The lowest BCUT2D eigenvalue weighted by Crippen LogP contribution is -2.43. The van der Waals surface area contributed by atoms with Crippen molar-refractivity contribution in [1.29, 1.82) is 0 Å². The number of hydrogen-bond acceptors (Lipinski definition) is 4. The van der Waals surface area contributed by atoms with E-state index in [9.17, 15) is 14.4 Å². The summed E-state index contributed by atoms with van der Waals surface area (Å²) in [4.78, 5) is 40.6. The van der Waals surface area contributed by atoms with Gasteiger partial charge in [-0.2, -0.15) is 0 Å². The minimum absolute atomic E-state index is 0.0770. The van der Waals surface area contributed by atoms with Crippen LogP contribution in [0.15, 0.2) is 36.4 Å². The van der Waals surface area contributed by atoms with Crippen molar-refractivity contribution in [3.63, 3.8) is 0 Å². The zero-order valence-corrected chi connectivity index (χ0v) is 18.9. The van der Waals surface area contributed by atoms with Crippen molar-refractivity contribution in [2.24, 2.45) is 0 Å². The summed E-state index contributed by atoms with van der Waals surface area (Å²) in [6.07, 6.45) is 1.80. The number of nitrogens with zero attached hydrogens (tertiary/aromatic N) is 1. The largest absolute Gasteiger partial charge is 0.334 e. The Kier molecular flexibility index (Phi) is 6.16. The maximum Gasteiger partial charge on any atom is 0.315 e.